The average Bonchev–Trinajstić information content (AvgIpc) is 3.79. The van der Waals surface area contributed by atoms with Crippen molar-refractivity contribution >= 4 is 17.9 Å². The Balaban J connectivity index is 0.849. The number of hydrogen-bond donors (Lipinski definition) is 0. The quantitative estimate of drug-likeness (QED) is 0.166. The highest BCUT2D eigenvalue weighted by molar-refractivity contribution is 5.82. The van der Waals surface area contributed by atoms with E-state index in [1.807, 2.05) is 0 Å². The minimum atomic E-state index is -0.509. The van der Waals surface area contributed by atoms with E-state index in [4.69, 9.17) is 28.4 Å². The summed E-state index contributed by atoms with van der Waals surface area (Å²) in [6, 6.07) is 0. The highest BCUT2D eigenvalue weighted by Crippen LogP contribution is 2.44. The van der Waals surface area contributed by atoms with E-state index in [0.717, 1.165) is 44.9 Å². The highest BCUT2D eigenvalue weighted by atomic mass is 16.6. The van der Waals surface area contributed by atoms with Gasteiger partial charge in [-0.2, -0.15) is 0 Å². The van der Waals surface area contributed by atoms with Gasteiger partial charge in [-0.05, 0) is 82.5 Å². The van der Waals surface area contributed by atoms with Crippen molar-refractivity contribution in [3.63, 3.8) is 0 Å². The van der Waals surface area contributed by atoms with Gasteiger partial charge in [0.05, 0.1) is 68.3 Å². The summed E-state index contributed by atoms with van der Waals surface area (Å²) in [5, 5.41) is 0. The molecule has 0 radical (unpaired) electrons. The van der Waals surface area contributed by atoms with E-state index >= 15 is 0 Å². The van der Waals surface area contributed by atoms with Gasteiger partial charge in [0.25, 0.3) is 0 Å². The fourth-order valence-electron chi connectivity index (χ4n) is 6.64. The van der Waals surface area contributed by atoms with Crippen molar-refractivity contribution < 1.29 is 42.8 Å². The van der Waals surface area contributed by atoms with Gasteiger partial charge in [0, 0.05) is 6.42 Å². The molecule has 0 spiro atoms. The van der Waals surface area contributed by atoms with E-state index < -0.39 is 11.8 Å². The normalized spacial score (nSPS) is 40.9. The predicted molar refractivity (Wildman–Crippen MR) is 128 cm³/mol. The van der Waals surface area contributed by atoms with Gasteiger partial charge in [-0.3, -0.25) is 14.4 Å². The van der Waals surface area contributed by atoms with Crippen LogP contribution in [0.25, 0.3) is 0 Å². The lowest BCUT2D eigenvalue weighted by Crippen LogP contribution is -2.38. The van der Waals surface area contributed by atoms with Crippen LogP contribution in [-0.4, -0.2) is 74.4 Å². The second kappa shape index (κ2) is 11.2. The molecule has 0 bridgehead atoms. The zero-order chi connectivity index (χ0) is 25.4. The Morgan fingerprint density at radius 2 is 1.11 bits per heavy atom. The smallest absolute Gasteiger partial charge is 0.309 e. The molecule has 3 aliphatic carbocycles. The molecule has 0 N–H and O–H groups in total. The summed E-state index contributed by atoms with van der Waals surface area (Å²) in [7, 11) is 0. The second-order valence-electron chi connectivity index (χ2n) is 12.0. The Morgan fingerprint density at radius 1 is 0.568 bits per heavy atom. The zero-order valence-corrected chi connectivity index (χ0v) is 21.6. The Morgan fingerprint density at radius 3 is 1.73 bits per heavy atom. The first-order chi connectivity index (χ1) is 18.0. The molecule has 3 saturated heterocycles. The largest absolute Gasteiger partial charge is 0.465 e. The van der Waals surface area contributed by atoms with Crippen LogP contribution in [0.2, 0.25) is 0 Å². The molecule has 3 saturated carbocycles. The van der Waals surface area contributed by atoms with Crippen LogP contribution in [0, 0.1) is 23.7 Å². The fraction of sp³-hybridized carbons (Fsp3) is 0.893. The number of rotatable bonds is 12. The molecule has 6 aliphatic rings. The third-order valence-electron chi connectivity index (χ3n) is 9.19. The molecule has 0 aromatic heterocycles. The Labute approximate surface area is 218 Å². The number of carbonyl (C=O) groups excluding carboxylic acids is 3. The first kappa shape index (κ1) is 25.6. The highest BCUT2D eigenvalue weighted by Gasteiger charge is 2.54. The van der Waals surface area contributed by atoms with Gasteiger partial charge in [-0.15, -0.1) is 0 Å². The Hall–Kier alpha value is -1.71. The molecule has 10 unspecified atom stereocenters. The molecule has 6 rings (SSSR count). The van der Waals surface area contributed by atoms with Crippen LogP contribution in [0.4, 0.5) is 0 Å². The number of fused-ring (bicyclic) bond motifs is 3. The maximum absolute atomic E-state index is 12.9. The van der Waals surface area contributed by atoms with Crippen LogP contribution in [-0.2, 0) is 42.8 Å². The minimum Gasteiger partial charge on any atom is -0.465 e. The number of esters is 3. The molecule has 3 heterocycles. The summed E-state index contributed by atoms with van der Waals surface area (Å²) in [5.74, 6) is -1.03. The molecular formula is C28H40O9. The van der Waals surface area contributed by atoms with E-state index in [9.17, 15) is 14.4 Å². The minimum absolute atomic E-state index is 0.0572. The molecule has 10 atom stereocenters. The van der Waals surface area contributed by atoms with Crippen molar-refractivity contribution in [3.8, 4) is 0 Å². The van der Waals surface area contributed by atoms with Gasteiger partial charge < -0.3 is 28.4 Å². The summed E-state index contributed by atoms with van der Waals surface area (Å²) >= 11 is 0. The molecule has 206 valence electrons. The summed E-state index contributed by atoms with van der Waals surface area (Å²) < 4.78 is 33.4. The molecule has 3 aliphatic heterocycles. The molecule has 6 fully saturated rings. The number of hydrogen-bond acceptors (Lipinski definition) is 9. The first-order valence-corrected chi connectivity index (χ1v) is 14.5. The van der Waals surface area contributed by atoms with Gasteiger partial charge in [-0.1, -0.05) is 0 Å². The SMILES string of the molecule is O=C(CCCCCOC(=O)C1CC2OC2CC1C(=O)OCC1CCC2OC2C1)OCC1CCC2OC2C1. The number of unbranched alkanes of at least 4 members (excludes halogenated alkanes) is 2. The van der Waals surface area contributed by atoms with Crippen molar-refractivity contribution in [2.75, 3.05) is 19.8 Å². The number of ether oxygens (including phenoxy) is 6. The van der Waals surface area contributed by atoms with Gasteiger partial charge in [0.1, 0.15) is 0 Å². The van der Waals surface area contributed by atoms with Gasteiger partial charge in [-0.25, -0.2) is 0 Å². The van der Waals surface area contributed by atoms with E-state index in [2.05, 4.69) is 0 Å². The summed E-state index contributed by atoms with van der Waals surface area (Å²) in [5.41, 5.74) is 0. The molecule has 9 nitrogen and oxygen atoms in total. The molecule has 9 heteroatoms. The van der Waals surface area contributed by atoms with Crippen molar-refractivity contribution in [1.82, 2.24) is 0 Å². The molecular weight excluding hydrogens is 480 g/mol. The van der Waals surface area contributed by atoms with E-state index in [1.165, 1.54) is 0 Å². The molecule has 37 heavy (non-hydrogen) atoms. The van der Waals surface area contributed by atoms with Crippen LogP contribution in [0.3, 0.4) is 0 Å². The van der Waals surface area contributed by atoms with Crippen molar-refractivity contribution in [3.05, 3.63) is 0 Å². The fourth-order valence-corrected chi connectivity index (χ4v) is 6.64. The summed E-state index contributed by atoms with van der Waals surface area (Å²) in [6.07, 6.45) is 11.5. The lowest BCUT2D eigenvalue weighted by atomic mass is 9.79. The maximum Gasteiger partial charge on any atom is 0.309 e. The lowest BCUT2D eigenvalue weighted by molar-refractivity contribution is -0.163. The average molecular weight is 521 g/mol. The lowest BCUT2D eigenvalue weighted by Gasteiger charge is -2.27. The Bertz CT molecular complexity index is 861. The van der Waals surface area contributed by atoms with Crippen LogP contribution in [0.1, 0.15) is 77.0 Å². The van der Waals surface area contributed by atoms with Gasteiger partial charge in [0.2, 0.25) is 0 Å². The maximum atomic E-state index is 12.9. The summed E-state index contributed by atoms with van der Waals surface area (Å²) in [4.78, 5) is 37.8. The molecule has 0 aromatic carbocycles. The van der Waals surface area contributed by atoms with E-state index in [-0.39, 0.29) is 36.7 Å². The van der Waals surface area contributed by atoms with Crippen molar-refractivity contribution in [1.29, 1.82) is 0 Å². The van der Waals surface area contributed by atoms with Crippen molar-refractivity contribution in [2.45, 2.75) is 114 Å². The van der Waals surface area contributed by atoms with Crippen LogP contribution >= 0.6 is 0 Å². The predicted octanol–water partition coefficient (Wildman–Crippen LogP) is 3.11. The molecule has 0 amide bonds. The van der Waals surface area contributed by atoms with Gasteiger partial charge in [0.15, 0.2) is 0 Å². The van der Waals surface area contributed by atoms with Crippen LogP contribution in [0.5, 0.6) is 0 Å². The summed E-state index contributed by atoms with van der Waals surface area (Å²) in [6.45, 7) is 1.18. The van der Waals surface area contributed by atoms with E-state index in [1.54, 1.807) is 0 Å². The second-order valence-corrected chi connectivity index (χ2v) is 12.0. The van der Waals surface area contributed by atoms with Crippen LogP contribution < -0.4 is 0 Å². The van der Waals surface area contributed by atoms with Crippen LogP contribution in [0.15, 0.2) is 0 Å². The monoisotopic (exact) mass is 520 g/mol. The van der Waals surface area contributed by atoms with Crippen molar-refractivity contribution in [2.24, 2.45) is 23.7 Å². The zero-order valence-electron chi connectivity index (χ0n) is 21.6. The third kappa shape index (κ3) is 6.66. The van der Waals surface area contributed by atoms with Gasteiger partial charge >= 0.3 is 17.9 Å². The van der Waals surface area contributed by atoms with E-state index in [0.29, 0.717) is 81.6 Å². The number of carbonyl (C=O) groups is 3. The topological polar surface area (TPSA) is 116 Å². The Kier molecular flexibility index (Phi) is 7.73. The number of epoxide rings is 3. The third-order valence-corrected chi connectivity index (χ3v) is 9.19. The first-order valence-electron chi connectivity index (χ1n) is 14.5. The molecule has 0 aromatic rings. The standard InChI is InChI=1S/C28H40O9/c29-26(33-14-16-5-7-20-22(10-16)35-20)4-2-1-3-9-32-27(30)18-12-24-25(37-24)13-19(18)28(31)34-15-17-6-8-21-23(11-17)36-21/h16-25H,1-15H2.